The predicted molar refractivity (Wildman–Crippen MR) is 147 cm³/mol. The van der Waals surface area contributed by atoms with Crippen molar-refractivity contribution >= 4 is 35.1 Å². The van der Waals surface area contributed by atoms with Crippen LogP contribution in [-0.4, -0.2) is 37.6 Å². The smallest absolute Gasteiger partial charge is 0.338 e. The van der Waals surface area contributed by atoms with Crippen molar-refractivity contribution in [2.24, 2.45) is 4.99 Å². The lowest BCUT2D eigenvalue weighted by atomic mass is 9.96. The molecule has 0 fully saturated rings. The van der Waals surface area contributed by atoms with E-state index < -0.39 is 12.0 Å². The average molecular weight is 539 g/mol. The quantitative estimate of drug-likeness (QED) is 0.229. The van der Waals surface area contributed by atoms with Crippen molar-refractivity contribution in [2.45, 2.75) is 37.6 Å². The normalized spacial score (nSPS) is 15.3. The zero-order chi connectivity index (χ0) is 26.5. The van der Waals surface area contributed by atoms with Crippen LogP contribution in [0.1, 0.15) is 43.9 Å². The summed E-state index contributed by atoms with van der Waals surface area (Å²) in [7, 11) is 2.93. The molecule has 194 valence electrons. The third kappa shape index (κ3) is 5.52. The van der Waals surface area contributed by atoms with E-state index in [1.54, 1.807) is 30.4 Å². The Hall–Kier alpha value is -3.30. The maximum absolute atomic E-state index is 13.7. The number of unbranched alkanes of at least 4 members (excludes halogenated alkanes) is 1. The van der Waals surface area contributed by atoms with Crippen LogP contribution in [-0.2, 0) is 9.53 Å². The topological polar surface area (TPSA) is 79.1 Å². The van der Waals surface area contributed by atoms with Gasteiger partial charge in [-0.2, -0.15) is 0 Å². The van der Waals surface area contributed by atoms with Crippen molar-refractivity contribution < 1.29 is 19.0 Å². The fourth-order valence-corrected chi connectivity index (χ4v) is 5.62. The van der Waals surface area contributed by atoms with Crippen LogP contribution in [0.15, 0.2) is 68.4 Å². The van der Waals surface area contributed by atoms with E-state index in [0.717, 1.165) is 28.9 Å². The SMILES string of the molecule is CCCCOc1ccc(C=c2sc3n(c2=O)C(c2ccc(SC)cc2)C(C(=O)OC)=C(C)N=3)cc1OC. The number of allylic oxidation sites excluding steroid dienone is 1. The van der Waals surface area contributed by atoms with Gasteiger partial charge in [-0.1, -0.05) is 42.9 Å². The van der Waals surface area contributed by atoms with Crippen molar-refractivity contribution in [3.05, 3.63) is 84.5 Å². The predicted octanol–water partition coefficient (Wildman–Crippen LogP) is 4.32. The van der Waals surface area contributed by atoms with Crippen molar-refractivity contribution in [3.8, 4) is 11.5 Å². The third-order valence-electron chi connectivity index (χ3n) is 6.10. The molecule has 4 rings (SSSR count). The Kier molecular flexibility index (Phi) is 8.56. The fourth-order valence-electron chi connectivity index (χ4n) is 4.17. The molecule has 1 unspecified atom stereocenters. The van der Waals surface area contributed by atoms with Crippen LogP contribution in [0.4, 0.5) is 0 Å². The summed E-state index contributed by atoms with van der Waals surface area (Å²) in [6, 6.07) is 12.8. The zero-order valence-electron chi connectivity index (χ0n) is 21.6. The first-order valence-corrected chi connectivity index (χ1v) is 14.0. The van der Waals surface area contributed by atoms with E-state index in [1.807, 2.05) is 54.8 Å². The molecule has 0 N–H and O–H groups in total. The highest BCUT2D eigenvalue weighted by atomic mass is 32.2. The second kappa shape index (κ2) is 11.8. The lowest BCUT2D eigenvalue weighted by Crippen LogP contribution is -2.39. The summed E-state index contributed by atoms with van der Waals surface area (Å²) in [6.07, 6.45) is 5.81. The number of rotatable bonds is 9. The van der Waals surface area contributed by atoms with Gasteiger partial charge in [-0.15, -0.1) is 11.8 Å². The Labute approximate surface area is 224 Å². The Morgan fingerprint density at radius 3 is 2.57 bits per heavy atom. The molecule has 9 heteroatoms. The maximum Gasteiger partial charge on any atom is 0.338 e. The Bertz CT molecular complexity index is 1500. The number of nitrogens with zero attached hydrogens (tertiary/aromatic N) is 2. The minimum Gasteiger partial charge on any atom is -0.493 e. The number of aromatic nitrogens is 1. The second-order valence-electron chi connectivity index (χ2n) is 8.46. The minimum atomic E-state index is -0.634. The Morgan fingerprint density at radius 1 is 1.16 bits per heavy atom. The van der Waals surface area contributed by atoms with Crippen molar-refractivity contribution in [1.29, 1.82) is 0 Å². The highest BCUT2D eigenvalue weighted by molar-refractivity contribution is 7.98. The molecular formula is C28H30N2O5S2. The van der Waals surface area contributed by atoms with Crippen molar-refractivity contribution in [1.82, 2.24) is 4.57 Å². The van der Waals surface area contributed by atoms with Gasteiger partial charge in [0.15, 0.2) is 16.3 Å². The fraction of sp³-hybridized carbons (Fsp3) is 0.321. The number of carbonyl (C=O) groups excluding carboxylic acids is 1. The summed E-state index contributed by atoms with van der Waals surface area (Å²) in [5, 5.41) is 0. The molecule has 0 aliphatic carbocycles. The molecule has 0 spiro atoms. The van der Waals surface area contributed by atoms with Gasteiger partial charge in [0.1, 0.15) is 0 Å². The molecule has 3 aromatic rings. The molecule has 1 aliphatic rings. The average Bonchev–Trinajstić information content (AvgIpc) is 3.22. The molecule has 2 heterocycles. The van der Waals surface area contributed by atoms with Gasteiger partial charge < -0.3 is 14.2 Å². The Balaban J connectivity index is 1.83. The number of ether oxygens (including phenoxy) is 3. The summed E-state index contributed by atoms with van der Waals surface area (Å²) < 4.78 is 18.5. The molecule has 0 saturated heterocycles. The molecule has 2 aromatic carbocycles. The zero-order valence-corrected chi connectivity index (χ0v) is 23.2. The van der Waals surface area contributed by atoms with Crippen LogP contribution in [0.5, 0.6) is 11.5 Å². The molecule has 1 atom stereocenters. The van der Waals surface area contributed by atoms with E-state index in [-0.39, 0.29) is 5.56 Å². The van der Waals surface area contributed by atoms with Crippen molar-refractivity contribution in [3.63, 3.8) is 0 Å². The highest BCUT2D eigenvalue weighted by Crippen LogP contribution is 2.32. The molecule has 1 aliphatic heterocycles. The largest absolute Gasteiger partial charge is 0.493 e. The van der Waals surface area contributed by atoms with Gasteiger partial charge >= 0.3 is 5.97 Å². The van der Waals surface area contributed by atoms with E-state index in [1.165, 1.54) is 18.4 Å². The summed E-state index contributed by atoms with van der Waals surface area (Å²) in [6.45, 7) is 4.50. The lowest BCUT2D eigenvalue weighted by molar-refractivity contribution is -0.136. The number of hydrogen-bond donors (Lipinski definition) is 0. The first kappa shape index (κ1) is 26.8. The van der Waals surface area contributed by atoms with E-state index in [9.17, 15) is 9.59 Å². The van der Waals surface area contributed by atoms with Gasteiger partial charge in [0, 0.05) is 4.90 Å². The van der Waals surface area contributed by atoms with Gasteiger partial charge in [-0.05, 0) is 61.1 Å². The first-order valence-electron chi connectivity index (χ1n) is 12.0. The molecule has 0 saturated carbocycles. The summed E-state index contributed by atoms with van der Waals surface area (Å²) in [5.41, 5.74) is 2.28. The van der Waals surface area contributed by atoms with Crippen LogP contribution < -0.4 is 24.4 Å². The number of thiazole rings is 1. The number of hydrogen-bond acceptors (Lipinski definition) is 8. The summed E-state index contributed by atoms with van der Waals surface area (Å²) >= 11 is 2.92. The highest BCUT2D eigenvalue weighted by Gasteiger charge is 2.33. The third-order valence-corrected chi connectivity index (χ3v) is 7.83. The van der Waals surface area contributed by atoms with Crippen LogP contribution in [0.3, 0.4) is 0 Å². The van der Waals surface area contributed by atoms with Gasteiger partial charge in [-0.25, -0.2) is 9.79 Å². The number of methoxy groups -OCH3 is 2. The second-order valence-corrected chi connectivity index (χ2v) is 10.3. The van der Waals surface area contributed by atoms with Crippen LogP contribution in [0.25, 0.3) is 6.08 Å². The van der Waals surface area contributed by atoms with E-state index >= 15 is 0 Å². The number of benzene rings is 2. The van der Waals surface area contributed by atoms with E-state index in [2.05, 4.69) is 11.9 Å². The van der Waals surface area contributed by atoms with Crippen molar-refractivity contribution in [2.75, 3.05) is 27.1 Å². The van der Waals surface area contributed by atoms with Gasteiger partial charge in [0.2, 0.25) is 0 Å². The molecule has 0 bridgehead atoms. The molecular weight excluding hydrogens is 508 g/mol. The standard InChI is InChI=1S/C28H30N2O5S2/c1-6-7-14-35-21-13-8-18(15-22(21)33-3)16-23-26(31)30-25(19-9-11-20(36-5)12-10-19)24(27(32)34-4)17(2)29-28(30)37-23/h8-13,15-16,25H,6-7,14H2,1-5H3. The molecule has 0 radical (unpaired) electrons. The van der Waals surface area contributed by atoms with Gasteiger partial charge in [0.05, 0.1) is 42.7 Å². The van der Waals surface area contributed by atoms with Gasteiger partial charge in [0.25, 0.3) is 5.56 Å². The molecule has 7 nitrogen and oxygen atoms in total. The first-order chi connectivity index (χ1) is 17.9. The van der Waals surface area contributed by atoms with Crippen LogP contribution >= 0.6 is 23.1 Å². The molecule has 1 aromatic heterocycles. The Morgan fingerprint density at radius 2 is 1.92 bits per heavy atom. The summed E-state index contributed by atoms with van der Waals surface area (Å²) in [5.74, 6) is 0.771. The lowest BCUT2D eigenvalue weighted by Gasteiger charge is -2.24. The van der Waals surface area contributed by atoms with E-state index in [4.69, 9.17) is 14.2 Å². The minimum absolute atomic E-state index is 0.223. The molecule has 0 amide bonds. The maximum atomic E-state index is 13.7. The number of thioether (sulfide) groups is 1. The van der Waals surface area contributed by atoms with Crippen LogP contribution in [0, 0.1) is 0 Å². The number of carbonyl (C=O) groups is 1. The van der Waals surface area contributed by atoms with E-state index in [0.29, 0.717) is 38.7 Å². The van der Waals surface area contributed by atoms with Gasteiger partial charge in [-0.3, -0.25) is 9.36 Å². The summed E-state index contributed by atoms with van der Waals surface area (Å²) in [4.78, 5) is 32.8. The van der Waals surface area contributed by atoms with Crippen LogP contribution in [0.2, 0.25) is 0 Å². The monoisotopic (exact) mass is 538 g/mol. The number of fused-ring (bicyclic) bond motifs is 1. The molecule has 37 heavy (non-hydrogen) atoms. The number of esters is 1.